The van der Waals surface area contributed by atoms with Gasteiger partial charge in [-0.05, 0) is 48.6 Å². The van der Waals surface area contributed by atoms with Crippen molar-refractivity contribution < 1.29 is 27.5 Å². The number of sulfonamides is 1. The van der Waals surface area contributed by atoms with Crippen LogP contribution in [0.15, 0.2) is 72.8 Å². The molecule has 1 heterocycles. The Balaban J connectivity index is 1.32. The van der Waals surface area contributed by atoms with Gasteiger partial charge in [0.1, 0.15) is 11.5 Å². The van der Waals surface area contributed by atoms with Crippen LogP contribution < -0.4 is 19.1 Å². The second kappa shape index (κ2) is 12.5. The number of hydrogen-bond acceptors (Lipinski definition) is 6. The van der Waals surface area contributed by atoms with Crippen LogP contribution in [0.5, 0.6) is 11.5 Å². The molecule has 8 nitrogen and oxygen atoms in total. The molecule has 0 aliphatic carbocycles. The van der Waals surface area contributed by atoms with E-state index < -0.39 is 15.9 Å². The Morgan fingerprint density at radius 2 is 1.44 bits per heavy atom. The average Bonchev–Trinajstić information content (AvgIpc) is 3.31. The summed E-state index contributed by atoms with van der Waals surface area (Å²) in [7, 11) is -3.92. The smallest absolute Gasteiger partial charge is 0.262 e. The molecule has 4 aromatic rings. The van der Waals surface area contributed by atoms with Crippen LogP contribution in [0, 0.1) is 0 Å². The molecule has 0 unspecified atom stereocenters. The highest BCUT2D eigenvalue weighted by atomic mass is 32.2. The van der Waals surface area contributed by atoms with Gasteiger partial charge in [-0.1, -0.05) is 74.5 Å². The Hall–Kier alpha value is -4.37. The van der Waals surface area contributed by atoms with Gasteiger partial charge in [0, 0.05) is 22.0 Å². The summed E-state index contributed by atoms with van der Waals surface area (Å²) < 4.78 is 39.8. The van der Waals surface area contributed by atoms with E-state index in [1.807, 2.05) is 62.4 Å². The Morgan fingerprint density at radius 3 is 2.05 bits per heavy atom. The molecule has 0 saturated heterocycles. The highest BCUT2D eigenvalue weighted by molar-refractivity contribution is 7.89. The van der Waals surface area contributed by atoms with Gasteiger partial charge in [-0.2, -0.15) is 0 Å². The fourth-order valence-electron chi connectivity index (χ4n) is 5.42. The van der Waals surface area contributed by atoms with Gasteiger partial charge >= 0.3 is 0 Å². The normalized spacial score (nSPS) is 13.0. The number of benzene rings is 4. The summed E-state index contributed by atoms with van der Waals surface area (Å²) >= 11 is 0. The number of amides is 2. The third-order valence-electron chi connectivity index (χ3n) is 7.46. The molecule has 2 amide bonds. The van der Waals surface area contributed by atoms with E-state index >= 15 is 0 Å². The fourth-order valence-corrected chi connectivity index (χ4v) is 6.55. The molecule has 9 heteroatoms. The number of fused-ring (bicyclic) bond motifs is 2. The van der Waals surface area contributed by atoms with Gasteiger partial charge in [-0.3, -0.25) is 14.3 Å². The molecule has 224 valence electrons. The zero-order valence-corrected chi connectivity index (χ0v) is 25.7. The number of rotatable bonds is 11. The predicted molar refractivity (Wildman–Crippen MR) is 168 cm³/mol. The fraction of sp³-hybridized carbons (Fsp3) is 0.294. The van der Waals surface area contributed by atoms with E-state index in [-0.39, 0.29) is 18.1 Å². The molecular formula is C34H36N2O6S. The maximum atomic E-state index is 13.8. The average molecular weight is 601 g/mol. The van der Waals surface area contributed by atoms with Crippen LogP contribution in [0.4, 0.5) is 5.69 Å². The van der Waals surface area contributed by atoms with E-state index in [2.05, 4.69) is 18.6 Å². The lowest BCUT2D eigenvalue weighted by Crippen LogP contribution is -2.32. The third kappa shape index (κ3) is 6.37. The van der Waals surface area contributed by atoms with Crippen LogP contribution in [0.1, 0.15) is 66.2 Å². The molecule has 43 heavy (non-hydrogen) atoms. The molecule has 0 atom stereocenters. The number of ether oxygens (including phenoxy) is 2. The Labute approximate surface area is 252 Å². The van der Waals surface area contributed by atoms with E-state index in [9.17, 15) is 18.0 Å². The van der Waals surface area contributed by atoms with Gasteiger partial charge in [0.25, 0.3) is 5.91 Å². The quantitative estimate of drug-likeness (QED) is 0.223. The highest BCUT2D eigenvalue weighted by Crippen LogP contribution is 2.46. The molecule has 1 aliphatic heterocycles. The van der Waals surface area contributed by atoms with E-state index in [0.717, 1.165) is 27.5 Å². The third-order valence-corrected chi connectivity index (χ3v) is 8.71. The summed E-state index contributed by atoms with van der Waals surface area (Å²) in [6, 6.07) is 22.1. The number of hydrogen-bond donors (Lipinski definition) is 1. The number of carbonyl (C=O) groups is 2. The number of carbonyl (C=O) groups excluding carboxylic acids is 2. The van der Waals surface area contributed by atoms with Gasteiger partial charge in [0.15, 0.2) is 0 Å². The van der Waals surface area contributed by atoms with Crippen molar-refractivity contribution in [2.75, 3.05) is 18.1 Å². The van der Waals surface area contributed by atoms with Crippen LogP contribution in [0.2, 0.25) is 0 Å². The molecule has 5 rings (SSSR count). The molecule has 0 aromatic heterocycles. The van der Waals surface area contributed by atoms with Gasteiger partial charge in [0.2, 0.25) is 15.9 Å². The lowest BCUT2D eigenvalue weighted by Gasteiger charge is -2.16. The van der Waals surface area contributed by atoms with Crippen molar-refractivity contribution >= 4 is 38.3 Å². The molecule has 0 spiro atoms. The molecular weight excluding hydrogens is 564 g/mol. The molecule has 0 radical (unpaired) electrons. The van der Waals surface area contributed by atoms with Gasteiger partial charge < -0.3 is 14.4 Å². The molecule has 1 N–H and O–H groups in total. The second-order valence-corrected chi connectivity index (χ2v) is 12.6. The van der Waals surface area contributed by atoms with Crippen LogP contribution in [-0.2, 0) is 33.5 Å². The highest BCUT2D eigenvalue weighted by Gasteiger charge is 2.36. The molecule has 0 bridgehead atoms. The first-order chi connectivity index (χ1) is 20.6. The monoisotopic (exact) mass is 600 g/mol. The van der Waals surface area contributed by atoms with E-state index in [4.69, 9.17) is 9.47 Å². The zero-order valence-electron chi connectivity index (χ0n) is 24.8. The van der Waals surface area contributed by atoms with Crippen molar-refractivity contribution in [2.45, 2.75) is 52.3 Å². The first kappa shape index (κ1) is 30.1. The lowest BCUT2D eigenvalue weighted by molar-refractivity contribution is -0.118. The van der Waals surface area contributed by atoms with Crippen LogP contribution >= 0.6 is 0 Å². The van der Waals surface area contributed by atoms with Crippen molar-refractivity contribution in [2.24, 2.45) is 0 Å². The first-order valence-electron chi connectivity index (χ1n) is 14.5. The zero-order chi connectivity index (χ0) is 30.7. The van der Waals surface area contributed by atoms with E-state index in [1.165, 1.54) is 0 Å². The van der Waals surface area contributed by atoms with Gasteiger partial charge in [-0.25, -0.2) is 8.42 Å². The van der Waals surface area contributed by atoms with E-state index in [1.54, 1.807) is 29.2 Å². The van der Waals surface area contributed by atoms with Crippen LogP contribution in [-0.4, -0.2) is 33.4 Å². The minimum Gasteiger partial charge on any atom is -0.493 e. The molecule has 4 aromatic carbocycles. The maximum absolute atomic E-state index is 13.8. The molecule has 1 aliphatic rings. The summed E-state index contributed by atoms with van der Waals surface area (Å²) in [5, 5.41) is 1.70. The lowest BCUT2D eigenvalue weighted by atomic mass is 9.99. The Kier molecular flexibility index (Phi) is 8.73. The SMILES string of the molecule is CCOc1c2c(c(OCC)c3ccccc13)C(=O)N(c1ccc(CS(=O)(=O)NC(=O)Cc3ccc(C(C)C)cc3)cc1)C2. The summed E-state index contributed by atoms with van der Waals surface area (Å²) in [6.07, 6.45) is -0.0311. The summed E-state index contributed by atoms with van der Waals surface area (Å²) in [5.74, 6) is 0.415. The van der Waals surface area contributed by atoms with Crippen molar-refractivity contribution in [3.05, 3.63) is 101 Å². The Morgan fingerprint density at radius 1 is 0.860 bits per heavy atom. The van der Waals surface area contributed by atoms with Crippen molar-refractivity contribution in [1.82, 2.24) is 4.72 Å². The van der Waals surface area contributed by atoms with Crippen LogP contribution in [0.25, 0.3) is 10.8 Å². The predicted octanol–water partition coefficient (Wildman–Crippen LogP) is 6.11. The summed E-state index contributed by atoms with van der Waals surface area (Å²) in [6.45, 7) is 9.10. The second-order valence-electron chi connectivity index (χ2n) is 10.8. The number of anilines is 1. The summed E-state index contributed by atoms with van der Waals surface area (Å²) in [4.78, 5) is 27.9. The minimum atomic E-state index is -3.92. The molecule has 0 saturated carbocycles. The number of nitrogens with one attached hydrogen (secondary N) is 1. The van der Waals surface area contributed by atoms with Crippen LogP contribution in [0.3, 0.4) is 0 Å². The summed E-state index contributed by atoms with van der Waals surface area (Å²) in [5.41, 5.74) is 4.25. The molecule has 0 fully saturated rings. The van der Waals surface area contributed by atoms with Gasteiger partial charge in [-0.15, -0.1) is 0 Å². The maximum Gasteiger partial charge on any atom is 0.262 e. The largest absolute Gasteiger partial charge is 0.493 e. The van der Waals surface area contributed by atoms with Crippen molar-refractivity contribution in [1.29, 1.82) is 0 Å². The Bertz CT molecular complexity index is 1760. The standard InChI is InChI=1S/C34H36N2O6S/c1-5-41-32-27-9-7-8-10-28(27)33(42-6-2)31-29(32)20-36(34(31)38)26-17-13-24(14-18-26)21-43(39,40)35-30(37)19-23-11-15-25(16-12-23)22(3)4/h7-18,22H,5-6,19-21H2,1-4H3,(H,35,37). The van der Waals surface area contributed by atoms with Gasteiger partial charge in [0.05, 0.1) is 37.5 Å². The minimum absolute atomic E-state index is 0.0311. The van der Waals surface area contributed by atoms with E-state index in [0.29, 0.717) is 54.0 Å². The van der Waals surface area contributed by atoms with Crippen molar-refractivity contribution in [3.8, 4) is 11.5 Å². The first-order valence-corrected chi connectivity index (χ1v) is 16.1. The number of nitrogens with zero attached hydrogens (tertiary/aromatic N) is 1. The topological polar surface area (TPSA) is 102 Å². The van der Waals surface area contributed by atoms with Crippen molar-refractivity contribution in [3.63, 3.8) is 0 Å².